The number of carbonyl (C=O) groups is 2. The first-order valence-corrected chi connectivity index (χ1v) is 9.06. The van der Waals surface area contributed by atoms with E-state index >= 15 is 0 Å². The summed E-state index contributed by atoms with van der Waals surface area (Å²) in [5.74, 6) is -0.330. The quantitative estimate of drug-likeness (QED) is 0.849. The van der Waals surface area contributed by atoms with Crippen molar-refractivity contribution in [2.75, 3.05) is 20.2 Å². The Morgan fingerprint density at radius 2 is 2.04 bits per heavy atom. The SMILES string of the molecule is COc1cccc(C2CCCN2C(=O)CCNC(=O)c2ccccc2F)c1. The number of benzene rings is 2. The number of nitrogens with zero attached hydrogens (tertiary/aromatic N) is 1. The molecule has 0 saturated carbocycles. The summed E-state index contributed by atoms with van der Waals surface area (Å²) >= 11 is 0. The number of methoxy groups -OCH3 is 1. The molecular formula is C21H23FN2O3. The molecule has 1 atom stereocenters. The first kappa shape index (κ1) is 18.9. The summed E-state index contributed by atoms with van der Waals surface area (Å²) in [5.41, 5.74) is 1.04. The number of ether oxygens (including phenoxy) is 1. The first-order valence-electron chi connectivity index (χ1n) is 9.06. The molecule has 0 bridgehead atoms. The van der Waals surface area contributed by atoms with Crippen LogP contribution in [0, 0.1) is 5.82 Å². The molecule has 0 spiro atoms. The summed E-state index contributed by atoms with van der Waals surface area (Å²) in [4.78, 5) is 26.5. The predicted octanol–water partition coefficient (Wildman–Crippen LogP) is 3.32. The first-order chi connectivity index (χ1) is 13.1. The van der Waals surface area contributed by atoms with E-state index in [1.165, 1.54) is 18.2 Å². The van der Waals surface area contributed by atoms with Crippen molar-refractivity contribution in [3.05, 3.63) is 65.5 Å². The lowest BCUT2D eigenvalue weighted by atomic mass is 10.0. The molecule has 27 heavy (non-hydrogen) atoms. The van der Waals surface area contributed by atoms with Crippen molar-refractivity contribution in [1.82, 2.24) is 10.2 Å². The van der Waals surface area contributed by atoms with Crippen LogP contribution < -0.4 is 10.1 Å². The van der Waals surface area contributed by atoms with Crippen LogP contribution in [0.15, 0.2) is 48.5 Å². The number of rotatable bonds is 6. The van der Waals surface area contributed by atoms with Gasteiger partial charge in [-0.1, -0.05) is 24.3 Å². The lowest BCUT2D eigenvalue weighted by Gasteiger charge is -2.25. The molecule has 1 saturated heterocycles. The summed E-state index contributed by atoms with van der Waals surface area (Å²) in [6.07, 6.45) is 2.02. The Morgan fingerprint density at radius 1 is 1.22 bits per heavy atom. The zero-order chi connectivity index (χ0) is 19.2. The zero-order valence-electron chi connectivity index (χ0n) is 15.3. The van der Waals surface area contributed by atoms with Gasteiger partial charge in [0.2, 0.25) is 5.91 Å². The minimum absolute atomic E-state index is 0.0135. The van der Waals surface area contributed by atoms with E-state index in [-0.39, 0.29) is 30.5 Å². The van der Waals surface area contributed by atoms with Crippen LogP contribution in [0.2, 0.25) is 0 Å². The van der Waals surface area contributed by atoms with Crippen molar-refractivity contribution < 1.29 is 18.7 Å². The van der Waals surface area contributed by atoms with E-state index < -0.39 is 11.7 Å². The van der Waals surface area contributed by atoms with Gasteiger partial charge in [0, 0.05) is 19.5 Å². The van der Waals surface area contributed by atoms with Gasteiger partial charge >= 0.3 is 0 Å². The zero-order valence-corrected chi connectivity index (χ0v) is 15.3. The molecule has 0 radical (unpaired) electrons. The molecular weight excluding hydrogens is 347 g/mol. The van der Waals surface area contributed by atoms with Crippen molar-refractivity contribution in [2.45, 2.75) is 25.3 Å². The molecule has 5 nitrogen and oxygen atoms in total. The lowest BCUT2D eigenvalue weighted by Crippen LogP contribution is -2.34. The van der Waals surface area contributed by atoms with E-state index in [1.807, 2.05) is 29.2 Å². The second-order valence-electron chi connectivity index (χ2n) is 6.51. The maximum atomic E-state index is 13.6. The van der Waals surface area contributed by atoms with E-state index in [9.17, 15) is 14.0 Å². The van der Waals surface area contributed by atoms with Crippen LogP contribution in [-0.2, 0) is 4.79 Å². The fourth-order valence-electron chi connectivity index (χ4n) is 3.43. The van der Waals surface area contributed by atoms with Crippen LogP contribution in [0.25, 0.3) is 0 Å². The highest BCUT2D eigenvalue weighted by molar-refractivity contribution is 5.94. The second-order valence-corrected chi connectivity index (χ2v) is 6.51. The third-order valence-electron chi connectivity index (χ3n) is 4.79. The van der Waals surface area contributed by atoms with Crippen LogP contribution in [0.1, 0.15) is 41.2 Å². The van der Waals surface area contributed by atoms with Gasteiger partial charge in [-0.2, -0.15) is 0 Å². The Kier molecular flexibility index (Phi) is 6.06. The summed E-state index contributed by atoms with van der Waals surface area (Å²) in [5, 5.41) is 2.62. The van der Waals surface area contributed by atoms with Crippen molar-refractivity contribution in [1.29, 1.82) is 0 Å². The second kappa shape index (κ2) is 8.66. The number of amides is 2. The predicted molar refractivity (Wildman–Crippen MR) is 100 cm³/mol. The fourth-order valence-corrected chi connectivity index (χ4v) is 3.43. The van der Waals surface area contributed by atoms with Crippen molar-refractivity contribution >= 4 is 11.8 Å². The minimum atomic E-state index is -0.570. The molecule has 1 fully saturated rings. The molecule has 2 aromatic rings. The summed E-state index contributed by atoms with van der Waals surface area (Å²) in [6, 6.07) is 13.6. The van der Waals surface area contributed by atoms with Crippen LogP contribution in [0.4, 0.5) is 4.39 Å². The molecule has 1 aliphatic heterocycles. The number of carbonyl (C=O) groups excluding carboxylic acids is 2. The van der Waals surface area contributed by atoms with Crippen LogP contribution in [0.3, 0.4) is 0 Å². The Bertz CT molecular complexity index is 825. The largest absolute Gasteiger partial charge is 0.497 e. The summed E-state index contributed by atoms with van der Waals surface area (Å²) in [7, 11) is 1.62. The number of likely N-dealkylation sites (tertiary alicyclic amines) is 1. The average molecular weight is 370 g/mol. The molecule has 1 aliphatic rings. The van der Waals surface area contributed by atoms with Gasteiger partial charge in [0.05, 0.1) is 18.7 Å². The third-order valence-corrected chi connectivity index (χ3v) is 4.79. The third kappa shape index (κ3) is 4.45. The molecule has 3 rings (SSSR count). The van der Waals surface area contributed by atoms with E-state index in [1.54, 1.807) is 13.2 Å². The molecule has 142 valence electrons. The van der Waals surface area contributed by atoms with Crippen molar-refractivity contribution in [2.24, 2.45) is 0 Å². The number of halogens is 1. The molecule has 2 amide bonds. The fraction of sp³-hybridized carbons (Fsp3) is 0.333. The molecule has 0 aliphatic carbocycles. The highest BCUT2D eigenvalue weighted by Crippen LogP contribution is 2.33. The van der Waals surface area contributed by atoms with Gasteiger partial charge in [0.1, 0.15) is 11.6 Å². The van der Waals surface area contributed by atoms with E-state index in [0.717, 1.165) is 24.2 Å². The highest BCUT2D eigenvalue weighted by Gasteiger charge is 2.29. The standard InChI is InChI=1S/C21H23FN2O3/c1-27-16-7-4-6-15(14-16)19-10-5-13-24(19)20(25)11-12-23-21(26)17-8-2-3-9-18(17)22/h2-4,6-9,14,19H,5,10-13H2,1H3,(H,23,26). The maximum absolute atomic E-state index is 13.6. The smallest absolute Gasteiger partial charge is 0.254 e. The topological polar surface area (TPSA) is 58.6 Å². The van der Waals surface area contributed by atoms with Crippen LogP contribution in [-0.4, -0.2) is 36.9 Å². The lowest BCUT2D eigenvalue weighted by molar-refractivity contribution is -0.132. The molecule has 1 N–H and O–H groups in total. The number of hydrogen-bond donors (Lipinski definition) is 1. The maximum Gasteiger partial charge on any atom is 0.254 e. The Labute approximate surface area is 158 Å². The normalized spacial score (nSPS) is 16.2. The van der Waals surface area contributed by atoms with Gasteiger partial charge in [-0.25, -0.2) is 4.39 Å². The van der Waals surface area contributed by atoms with Crippen molar-refractivity contribution in [3.63, 3.8) is 0 Å². The molecule has 0 aromatic heterocycles. The summed E-state index contributed by atoms with van der Waals surface area (Å²) in [6.45, 7) is 0.870. The van der Waals surface area contributed by atoms with Gasteiger partial charge < -0.3 is 15.0 Å². The van der Waals surface area contributed by atoms with Gasteiger partial charge in [0.25, 0.3) is 5.91 Å². The van der Waals surface area contributed by atoms with E-state index in [2.05, 4.69) is 5.32 Å². The van der Waals surface area contributed by atoms with Gasteiger partial charge in [-0.15, -0.1) is 0 Å². The monoisotopic (exact) mass is 370 g/mol. The summed E-state index contributed by atoms with van der Waals surface area (Å²) < 4.78 is 18.9. The molecule has 6 heteroatoms. The number of hydrogen-bond acceptors (Lipinski definition) is 3. The minimum Gasteiger partial charge on any atom is -0.497 e. The van der Waals surface area contributed by atoms with Gasteiger partial charge in [0.15, 0.2) is 0 Å². The average Bonchev–Trinajstić information content (AvgIpc) is 3.18. The van der Waals surface area contributed by atoms with E-state index in [0.29, 0.717) is 6.54 Å². The van der Waals surface area contributed by atoms with Gasteiger partial charge in [-0.05, 0) is 42.7 Å². The van der Waals surface area contributed by atoms with Crippen LogP contribution >= 0.6 is 0 Å². The highest BCUT2D eigenvalue weighted by atomic mass is 19.1. The Morgan fingerprint density at radius 3 is 2.81 bits per heavy atom. The molecule has 2 aromatic carbocycles. The van der Waals surface area contributed by atoms with Crippen LogP contribution in [0.5, 0.6) is 5.75 Å². The van der Waals surface area contributed by atoms with Gasteiger partial charge in [-0.3, -0.25) is 9.59 Å². The number of nitrogens with one attached hydrogen (secondary N) is 1. The van der Waals surface area contributed by atoms with Crippen molar-refractivity contribution in [3.8, 4) is 5.75 Å². The Hall–Kier alpha value is -2.89. The molecule has 1 heterocycles. The Balaban J connectivity index is 1.57. The molecule has 1 unspecified atom stereocenters. The van der Waals surface area contributed by atoms with E-state index in [4.69, 9.17) is 4.74 Å².